The van der Waals surface area contributed by atoms with Crippen molar-refractivity contribution in [3.05, 3.63) is 52.6 Å². The summed E-state index contributed by atoms with van der Waals surface area (Å²) in [5.41, 5.74) is 0.319. The zero-order valence-electron chi connectivity index (χ0n) is 17.7. The predicted molar refractivity (Wildman–Crippen MR) is 112 cm³/mol. The fourth-order valence-corrected chi connectivity index (χ4v) is 3.23. The van der Waals surface area contributed by atoms with Crippen molar-refractivity contribution in [1.82, 2.24) is 25.5 Å². The Kier molecular flexibility index (Phi) is 6.26. The van der Waals surface area contributed by atoms with Crippen molar-refractivity contribution in [2.24, 2.45) is 7.05 Å². The van der Waals surface area contributed by atoms with Crippen molar-refractivity contribution in [3.8, 4) is 22.5 Å². The van der Waals surface area contributed by atoms with Gasteiger partial charge in [-0.15, -0.1) is 10.2 Å². The Balaban J connectivity index is 1.96. The number of aromatic nitrogens is 4. The van der Waals surface area contributed by atoms with Gasteiger partial charge in [0.1, 0.15) is 17.2 Å². The standard InChI is InChI=1S/C21H22ClF2N5O2/c1-11(25-20(30)31-21(2,3)4)14-7-6-12(8-16(14)23)15-9-13(22)10-17(24)18(15)19-26-28-29(5)27-19/h6-11H,1-5H3,(H,25,30)/t11-/m1/s1. The second-order valence-corrected chi connectivity index (χ2v) is 8.45. The first-order valence-electron chi connectivity index (χ1n) is 9.47. The molecular weight excluding hydrogens is 428 g/mol. The molecule has 1 aromatic heterocycles. The average molecular weight is 450 g/mol. The summed E-state index contributed by atoms with van der Waals surface area (Å²) in [5, 5.41) is 14.4. The van der Waals surface area contributed by atoms with Gasteiger partial charge in [0.15, 0.2) is 0 Å². The lowest BCUT2D eigenvalue weighted by Crippen LogP contribution is -2.34. The molecule has 1 amide bonds. The minimum atomic E-state index is -0.673. The molecule has 7 nitrogen and oxygen atoms in total. The van der Waals surface area contributed by atoms with Gasteiger partial charge in [0.05, 0.1) is 18.7 Å². The number of nitrogens with zero attached hydrogens (tertiary/aromatic N) is 4. The van der Waals surface area contributed by atoms with Crippen molar-refractivity contribution in [2.45, 2.75) is 39.3 Å². The number of alkyl carbamates (subject to hydrolysis) is 1. The topological polar surface area (TPSA) is 81.9 Å². The number of amides is 1. The third kappa shape index (κ3) is 5.35. The SMILES string of the molecule is C[C@@H](NC(=O)OC(C)(C)C)c1ccc(-c2cc(Cl)cc(F)c2-c2nnn(C)n2)cc1F. The Hall–Kier alpha value is -3.07. The van der Waals surface area contributed by atoms with Crippen LogP contribution in [0.2, 0.25) is 5.02 Å². The largest absolute Gasteiger partial charge is 0.444 e. The molecule has 0 unspecified atom stereocenters. The molecule has 0 spiro atoms. The van der Waals surface area contributed by atoms with Gasteiger partial charge in [-0.05, 0) is 62.2 Å². The molecule has 0 aliphatic heterocycles. The van der Waals surface area contributed by atoms with Crippen LogP contribution in [0.3, 0.4) is 0 Å². The molecule has 0 saturated carbocycles. The van der Waals surface area contributed by atoms with E-state index in [4.69, 9.17) is 16.3 Å². The van der Waals surface area contributed by atoms with Crippen LogP contribution in [0.5, 0.6) is 0 Å². The highest BCUT2D eigenvalue weighted by molar-refractivity contribution is 6.31. The van der Waals surface area contributed by atoms with E-state index < -0.39 is 29.4 Å². The molecule has 31 heavy (non-hydrogen) atoms. The molecule has 0 aliphatic carbocycles. The van der Waals surface area contributed by atoms with Gasteiger partial charge in [0.25, 0.3) is 0 Å². The molecule has 1 atom stereocenters. The molecule has 0 aliphatic rings. The van der Waals surface area contributed by atoms with Crippen LogP contribution in [0.4, 0.5) is 13.6 Å². The Labute approximate surface area is 183 Å². The van der Waals surface area contributed by atoms with Crippen molar-refractivity contribution in [2.75, 3.05) is 0 Å². The van der Waals surface area contributed by atoms with Gasteiger partial charge in [-0.2, -0.15) is 4.80 Å². The summed E-state index contributed by atoms with van der Waals surface area (Å²) >= 11 is 6.04. The van der Waals surface area contributed by atoms with Gasteiger partial charge in [0, 0.05) is 10.6 Å². The van der Waals surface area contributed by atoms with Crippen LogP contribution in [-0.2, 0) is 11.8 Å². The molecule has 0 radical (unpaired) electrons. The van der Waals surface area contributed by atoms with Crippen LogP contribution < -0.4 is 5.32 Å². The molecule has 1 heterocycles. The van der Waals surface area contributed by atoms with E-state index in [0.29, 0.717) is 11.1 Å². The maximum Gasteiger partial charge on any atom is 0.408 e. The quantitative estimate of drug-likeness (QED) is 0.602. The van der Waals surface area contributed by atoms with Gasteiger partial charge in [-0.3, -0.25) is 0 Å². The molecule has 3 aromatic rings. The maximum absolute atomic E-state index is 14.9. The second kappa shape index (κ2) is 8.58. The van der Waals surface area contributed by atoms with Gasteiger partial charge < -0.3 is 10.1 Å². The van der Waals surface area contributed by atoms with Crippen molar-refractivity contribution in [1.29, 1.82) is 0 Å². The average Bonchev–Trinajstić information content (AvgIpc) is 3.04. The first-order chi connectivity index (χ1) is 14.4. The van der Waals surface area contributed by atoms with Crippen molar-refractivity contribution < 1.29 is 18.3 Å². The summed E-state index contributed by atoms with van der Waals surface area (Å²) in [6, 6.07) is 6.35. The van der Waals surface area contributed by atoms with Crippen molar-refractivity contribution in [3.63, 3.8) is 0 Å². The lowest BCUT2D eigenvalue weighted by atomic mass is 9.96. The highest BCUT2D eigenvalue weighted by Gasteiger charge is 2.22. The minimum Gasteiger partial charge on any atom is -0.444 e. The molecule has 164 valence electrons. The van der Waals surface area contributed by atoms with Gasteiger partial charge in [-0.25, -0.2) is 13.6 Å². The summed E-state index contributed by atoms with van der Waals surface area (Å²) in [6.07, 6.45) is -0.656. The van der Waals surface area contributed by atoms with Crippen LogP contribution in [0.15, 0.2) is 30.3 Å². The van der Waals surface area contributed by atoms with Crippen LogP contribution >= 0.6 is 11.6 Å². The lowest BCUT2D eigenvalue weighted by Gasteiger charge is -2.22. The van der Waals surface area contributed by atoms with Crippen LogP contribution in [0.25, 0.3) is 22.5 Å². The fraction of sp³-hybridized carbons (Fsp3) is 0.333. The Bertz CT molecular complexity index is 1130. The summed E-state index contributed by atoms with van der Waals surface area (Å²) in [7, 11) is 1.55. The number of aryl methyl sites for hydroxylation is 1. The number of halogens is 3. The van der Waals surface area contributed by atoms with Crippen LogP contribution in [0.1, 0.15) is 39.3 Å². The molecule has 0 fully saturated rings. The molecular formula is C21H22ClF2N5O2. The van der Waals surface area contributed by atoms with E-state index in [1.165, 1.54) is 23.0 Å². The number of ether oxygens (including phenoxy) is 1. The van der Waals surface area contributed by atoms with Crippen LogP contribution in [0, 0.1) is 11.6 Å². The van der Waals surface area contributed by atoms with Gasteiger partial charge in [-0.1, -0.05) is 23.7 Å². The fourth-order valence-electron chi connectivity index (χ4n) is 3.02. The first-order valence-corrected chi connectivity index (χ1v) is 9.85. The normalized spacial score (nSPS) is 12.5. The summed E-state index contributed by atoms with van der Waals surface area (Å²) in [4.78, 5) is 13.2. The Morgan fingerprint density at radius 1 is 1.19 bits per heavy atom. The monoisotopic (exact) mass is 449 g/mol. The van der Waals surface area contributed by atoms with Crippen molar-refractivity contribution >= 4 is 17.7 Å². The van der Waals surface area contributed by atoms with E-state index in [9.17, 15) is 13.6 Å². The van der Waals surface area contributed by atoms with E-state index in [0.717, 1.165) is 6.07 Å². The van der Waals surface area contributed by atoms with E-state index >= 15 is 0 Å². The summed E-state index contributed by atoms with van der Waals surface area (Å²) in [5.74, 6) is -1.18. The number of rotatable bonds is 4. The maximum atomic E-state index is 14.9. The second-order valence-electron chi connectivity index (χ2n) is 8.02. The Morgan fingerprint density at radius 3 is 2.48 bits per heavy atom. The third-order valence-electron chi connectivity index (χ3n) is 4.30. The van der Waals surface area contributed by atoms with E-state index in [-0.39, 0.29) is 22.0 Å². The zero-order valence-corrected chi connectivity index (χ0v) is 18.5. The van der Waals surface area contributed by atoms with E-state index in [1.807, 2.05) is 0 Å². The summed E-state index contributed by atoms with van der Waals surface area (Å²) in [6.45, 7) is 6.84. The number of tetrazole rings is 1. The molecule has 0 bridgehead atoms. The minimum absolute atomic E-state index is 0.0520. The Morgan fingerprint density at radius 2 is 1.90 bits per heavy atom. The van der Waals surface area contributed by atoms with Crippen LogP contribution in [-0.4, -0.2) is 31.9 Å². The molecule has 10 heteroatoms. The number of carbonyl (C=O) groups is 1. The third-order valence-corrected chi connectivity index (χ3v) is 4.52. The highest BCUT2D eigenvalue weighted by Crippen LogP contribution is 2.36. The zero-order chi connectivity index (χ0) is 22.9. The summed E-state index contributed by atoms with van der Waals surface area (Å²) < 4.78 is 34.9. The number of hydrogen-bond donors (Lipinski definition) is 1. The first kappa shape index (κ1) is 22.6. The highest BCUT2D eigenvalue weighted by atomic mass is 35.5. The molecule has 1 N–H and O–H groups in total. The smallest absolute Gasteiger partial charge is 0.408 e. The number of carbonyl (C=O) groups excluding carboxylic acids is 1. The molecule has 3 rings (SSSR count). The van der Waals surface area contributed by atoms with Gasteiger partial charge >= 0.3 is 6.09 Å². The van der Waals surface area contributed by atoms with Gasteiger partial charge in [0.2, 0.25) is 5.82 Å². The predicted octanol–water partition coefficient (Wildman–Crippen LogP) is 5.06. The molecule has 0 saturated heterocycles. The molecule has 2 aromatic carbocycles. The van der Waals surface area contributed by atoms with E-state index in [2.05, 4.69) is 20.7 Å². The number of hydrogen-bond acceptors (Lipinski definition) is 5. The number of benzene rings is 2. The number of nitrogens with one attached hydrogen (secondary N) is 1. The van der Waals surface area contributed by atoms with E-state index in [1.54, 1.807) is 40.8 Å². The lowest BCUT2D eigenvalue weighted by molar-refractivity contribution is 0.0507.